The monoisotopic (exact) mass is 348 g/mol. The topological polar surface area (TPSA) is 49.4 Å². The van der Waals surface area contributed by atoms with Crippen LogP contribution in [0.15, 0.2) is 48.5 Å². The predicted octanol–water partition coefficient (Wildman–Crippen LogP) is 4.22. The summed E-state index contributed by atoms with van der Waals surface area (Å²) in [7, 11) is 0. The Hall–Kier alpha value is -2.04. The SMILES string of the molecule is CC(c1ccccc1)C1NC(=O)N(c2cc(Cl)cc(Cl)c2)C1=O. The summed E-state index contributed by atoms with van der Waals surface area (Å²) < 4.78 is 0. The molecular weight excluding hydrogens is 335 g/mol. The lowest BCUT2D eigenvalue weighted by Gasteiger charge is -2.18. The molecule has 118 valence electrons. The molecule has 1 heterocycles. The van der Waals surface area contributed by atoms with Gasteiger partial charge in [-0.25, -0.2) is 9.69 Å². The van der Waals surface area contributed by atoms with E-state index in [4.69, 9.17) is 23.2 Å². The second kappa shape index (κ2) is 6.22. The molecule has 23 heavy (non-hydrogen) atoms. The summed E-state index contributed by atoms with van der Waals surface area (Å²) in [5.74, 6) is -0.461. The van der Waals surface area contributed by atoms with Crippen LogP contribution in [-0.2, 0) is 4.79 Å². The van der Waals surface area contributed by atoms with Crippen molar-refractivity contribution in [2.45, 2.75) is 18.9 Å². The number of anilines is 1. The molecule has 3 amide bonds. The standard InChI is InChI=1S/C17H14Cl2N2O2/c1-10(11-5-3-2-4-6-11)15-16(22)21(17(23)20-15)14-8-12(18)7-13(19)9-14/h2-10,15H,1H3,(H,20,23). The van der Waals surface area contributed by atoms with Crippen molar-refractivity contribution >= 4 is 40.8 Å². The Bertz CT molecular complexity index is 744. The van der Waals surface area contributed by atoms with Gasteiger partial charge in [-0.15, -0.1) is 0 Å². The fraction of sp³-hybridized carbons (Fsp3) is 0.176. The van der Waals surface area contributed by atoms with Crippen molar-refractivity contribution in [3.63, 3.8) is 0 Å². The number of nitrogens with one attached hydrogen (secondary N) is 1. The summed E-state index contributed by atoms with van der Waals surface area (Å²) in [6.07, 6.45) is 0. The maximum absolute atomic E-state index is 12.7. The van der Waals surface area contributed by atoms with Gasteiger partial charge in [0, 0.05) is 16.0 Å². The largest absolute Gasteiger partial charge is 0.329 e. The molecule has 0 saturated carbocycles. The number of rotatable bonds is 3. The van der Waals surface area contributed by atoms with Gasteiger partial charge in [0.25, 0.3) is 5.91 Å². The minimum absolute atomic E-state index is 0.146. The molecule has 0 spiro atoms. The van der Waals surface area contributed by atoms with E-state index in [-0.39, 0.29) is 11.8 Å². The number of hydrogen-bond acceptors (Lipinski definition) is 2. The van der Waals surface area contributed by atoms with Crippen molar-refractivity contribution in [1.29, 1.82) is 0 Å². The third-order valence-electron chi connectivity index (χ3n) is 3.90. The van der Waals surface area contributed by atoms with Gasteiger partial charge in [0.2, 0.25) is 0 Å². The van der Waals surface area contributed by atoms with Crippen molar-refractivity contribution in [3.8, 4) is 0 Å². The van der Waals surface area contributed by atoms with Crippen molar-refractivity contribution < 1.29 is 9.59 Å². The fourth-order valence-corrected chi connectivity index (χ4v) is 3.21. The molecular formula is C17H14Cl2N2O2. The highest BCUT2D eigenvalue weighted by Gasteiger charge is 2.42. The van der Waals surface area contributed by atoms with E-state index in [0.29, 0.717) is 15.7 Å². The maximum atomic E-state index is 12.7. The number of nitrogens with zero attached hydrogens (tertiary/aromatic N) is 1. The van der Waals surface area contributed by atoms with Gasteiger partial charge in [0.15, 0.2) is 0 Å². The minimum atomic E-state index is -0.623. The zero-order valence-electron chi connectivity index (χ0n) is 12.3. The van der Waals surface area contributed by atoms with Gasteiger partial charge < -0.3 is 5.32 Å². The van der Waals surface area contributed by atoms with Crippen LogP contribution in [-0.4, -0.2) is 18.0 Å². The van der Waals surface area contributed by atoms with Crippen molar-refractivity contribution in [3.05, 3.63) is 64.1 Å². The smallest absolute Gasteiger partial charge is 0.325 e. The summed E-state index contributed by atoms with van der Waals surface area (Å²) in [5, 5.41) is 3.48. The number of amides is 3. The Morgan fingerprint density at radius 2 is 1.65 bits per heavy atom. The number of imide groups is 1. The number of benzene rings is 2. The molecule has 1 aliphatic heterocycles. The van der Waals surface area contributed by atoms with Gasteiger partial charge in [-0.1, -0.05) is 60.5 Å². The molecule has 0 aliphatic carbocycles. The van der Waals surface area contributed by atoms with Crippen LogP contribution < -0.4 is 10.2 Å². The molecule has 0 aromatic heterocycles. The molecule has 2 aromatic rings. The minimum Gasteiger partial charge on any atom is -0.325 e. The first-order chi connectivity index (χ1) is 11.0. The van der Waals surface area contributed by atoms with Crippen LogP contribution in [0, 0.1) is 0 Å². The molecule has 0 bridgehead atoms. The highest BCUT2D eigenvalue weighted by molar-refractivity contribution is 6.35. The zero-order valence-corrected chi connectivity index (χ0v) is 13.8. The molecule has 6 heteroatoms. The molecule has 2 unspecified atom stereocenters. The molecule has 2 aromatic carbocycles. The molecule has 1 N–H and O–H groups in total. The average Bonchev–Trinajstić information content (AvgIpc) is 2.81. The lowest BCUT2D eigenvalue weighted by molar-refractivity contribution is -0.118. The zero-order chi connectivity index (χ0) is 16.6. The van der Waals surface area contributed by atoms with Crippen molar-refractivity contribution in [2.75, 3.05) is 4.90 Å². The van der Waals surface area contributed by atoms with Crippen LogP contribution in [0.3, 0.4) is 0 Å². The quantitative estimate of drug-likeness (QED) is 0.844. The molecule has 1 aliphatic rings. The van der Waals surface area contributed by atoms with Crippen LogP contribution in [0.25, 0.3) is 0 Å². The van der Waals surface area contributed by atoms with Crippen molar-refractivity contribution in [1.82, 2.24) is 5.32 Å². The lowest BCUT2D eigenvalue weighted by atomic mass is 9.93. The summed E-state index contributed by atoms with van der Waals surface area (Å²) in [4.78, 5) is 26.1. The Kier molecular flexibility index (Phi) is 4.28. The van der Waals surface area contributed by atoms with E-state index < -0.39 is 12.1 Å². The molecule has 1 saturated heterocycles. The number of urea groups is 1. The van der Waals surface area contributed by atoms with Crippen LogP contribution in [0.5, 0.6) is 0 Å². The summed E-state index contributed by atoms with van der Waals surface area (Å²) in [5.41, 5.74) is 1.35. The van der Waals surface area contributed by atoms with E-state index in [0.717, 1.165) is 10.5 Å². The molecule has 1 fully saturated rings. The lowest BCUT2D eigenvalue weighted by Crippen LogP contribution is -2.34. The van der Waals surface area contributed by atoms with Crippen LogP contribution >= 0.6 is 23.2 Å². The summed E-state index contributed by atoms with van der Waals surface area (Å²) >= 11 is 11.9. The van der Waals surface area contributed by atoms with Gasteiger partial charge in [0.05, 0.1) is 5.69 Å². The molecule has 0 radical (unpaired) electrons. The Labute approximate surface area is 144 Å². The highest BCUT2D eigenvalue weighted by atomic mass is 35.5. The van der Waals surface area contributed by atoms with Gasteiger partial charge in [-0.05, 0) is 23.8 Å². The van der Waals surface area contributed by atoms with Crippen LogP contribution in [0.4, 0.5) is 10.5 Å². The van der Waals surface area contributed by atoms with Gasteiger partial charge in [0.1, 0.15) is 6.04 Å². The second-order valence-electron chi connectivity index (χ2n) is 5.43. The van der Waals surface area contributed by atoms with Crippen LogP contribution in [0.2, 0.25) is 10.0 Å². The second-order valence-corrected chi connectivity index (χ2v) is 6.30. The highest BCUT2D eigenvalue weighted by Crippen LogP contribution is 2.30. The molecule has 4 nitrogen and oxygen atoms in total. The first-order valence-corrected chi connectivity index (χ1v) is 7.88. The summed E-state index contributed by atoms with van der Waals surface area (Å²) in [6.45, 7) is 1.91. The van der Waals surface area contributed by atoms with E-state index in [1.807, 2.05) is 37.3 Å². The third kappa shape index (κ3) is 3.05. The van der Waals surface area contributed by atoms with E-state index in [2.05, 4.69) is 5.32 Å². The van der Waals surface area contributed by atoms with E-state index in [9.17, 15) is 9.59 Å². The van der Waals surface area contributed by atoms with Gasteiger partial charge in [-0.3, -0.25) is 4.79 Å². The van der Waals surface area contributed by atoms with E-state index in [1.165, 1.54) is 0 Å². The van der Waals surface area contributed by atoms with Crippen molar-refractivity contribution in [2.24, 2.45) is 0 Å². The predicted molar refractivity (Wildman–Crippen MR) is 91.1 cm³/mol. The van der Waals surface area contributed by atoms with E-state index in [1.54, 1.807) is 18.2 Å². The fourth-order valence-electron chi connectivity index (χ4n) is 2.70. The van der Waals surface area contributed by atoms with E-state index >= 15 is 0 Å². The number of halogens is 2. The average molecular weight is 349 g/mol. The Balaban J connectivity index is 1.91. The Morgan fingerprint density at radius 1 is 1.04 bits per heavy atom. The van der Waals surface area contributed by atoms with Gasteiger partial charge >= 0.3 is 6.03 Å². The summed E-state index contributed by atoms with van der Waals surface area (Å²) in [6, 6.07) is 13.1. The Morgan fingerprint density at radius 3 is 2.26 bits per heavy atom. The maximum Gasteiger partial charge on any atom is 0.329 e. The number of carbonyl (C=O) groups excluding carboxylic acids is 2. The molecule has 3 rings (SSSR count). The van der Waals surface area contributed by atoms with Crippen LogP contribution in [0.1, 0.15) is 18.4 Å². The van der Waals surface area contributed by atoms with Gasteiger partial charge in [-0.2, -0.15) is 0 Å². The first kappa shape index (κ1) is 15.8. The third-order valence-corrected chi connectivity index (χ3v) is 4.34. The normalized spacial score (nSPS) is 18.9. The number of carbonyl (C=O) groups is 2. The first-order valence-electron chi connectivity index (χ1n) is 7.13. The molecule has 2 atom stereocenters. The number of hydrogen-bond donors (Lipinski definition) is 1.